The summed E-state index contributed by atoms with van der Waals surface area (Å²) in [4.78, 5) is 27.8. The lowest BCUT2D eigenvalue weighted by Crippen LogP contribution is -2.25. The molecule has 0 amide bonds. The molecule has 0 unspecified atom stereocenters. The van der Waals surface area contributed by atoms with E-state index in [4.69, 9.17) is 0 Å². The summed E-state index contributed by atoms with van der Waals surface area (Å²) in [7, 11) is 0. The zero-order chi connectivity index (χ0) is 11.5. The van der Waals surface area contributed by atoms with Crippen molar-refractivity contribution in [3.63, 3.8) is 0 Å². The maximum atomic E-state index is 11.7. The largest absolute Gasteiger partial charge is 0.325 e. The molecule has 1 heterocycles. The second-order valence-electron chi connectivity index (χ2n) is 3.48. The van der Waals surface area contributed by atoms with E-state index in [0.29, 0.717) is 17.7 Å². The zero-order valence-electron chi connectivity index (χ0n) is 8.91. The van der Waals surface area contributed by atoms with Gasteiger partial charge in [0.25, 0.3) is 5.56 Å². The Balaban J connectivity index is 2.74. The van der Waals surface area contributed by atoms with Gasteiger partial charge >= 0.3 is 5.69 Å². The van der Waals surface area contributed by atoms with Crippen molar-refractivity contribution in [3.05, 3.63) is 56.9 Å². The van der Waals surface area contributed by atoms with Gasteiger partial charge in [0.15, 0.2) is 0 Å². The number of nitrogens with one attached hydrogen (secondary N) is 2. The molecule has 82 valence electrons. The van der Waals surface area contributed by atoms with Gasteiger partial charge in [-0.1, -0.05) is 37.3 Å². The van der Waals surface area contributed by atoms with Crippen molar-refractivity contribution >= 4 is 0 Å². The molecule has 1 aromatic carbocycles. The first-order chi connectivity index (χ1) is 7.72. The predicted molar refractivity (Wildman–Crippen MR) is 62.5 cm³/mol. The summed E-state index contributed by atoms with van der Waals surface area (Å²) in [6.45, 7) is 1.90. The van der Waals surface area contributed by atoms with E-state index in [9.17, 15) is 9.59 Å². The van der Waals surface area contributed by atoms with Gasteiger partial charge in [-0.2, -0.15) is 0 Å². The molecule has 2 N–H and O–H groups in total. The van der Waals surface area contributed by atoms with Crippen LogP contribution >= 0.6 is 0 Å². The summed E-state index contributed by atoms with van der Waals surface area (Å²) in [6, 6.07) is 9.30. The molecule has 0 saturated carbocycles. The molecule has 4 heteroatoms. The summed E-state index contributed by atoms with van der Waals surface area (Å²) < 4.78 is 0. The molecule has 2 rings (SSSR count). The molecule has 0 bridgehead atoms. The lowest BCUT2D eigenvalue weighted by atomic mass is 10.0. The molecule has 2 aromatic rings. The Labute approximate surface area is 92.0 Å². The third-order valence-electron chi connectivity index (χ3n) is 2.44. The van der Waals surface area contributed by atoms with Crippen LogP contribution in [0.2, 0.25) is 0 Å². The molecule has 0 spiro atoms. The highest BCUT2D eigenvalue weighted by atomic mass is 16.2. The number of hydrogen-bond donors (Lipinski definition) is 2. The highest BCUT2D eigenvalue weighted by Gasteiger charge is 2.09. The van der Waals surface area contributed by atoms with Crippen LogP contribution in [0, 0.1) is 0 Å². The Morgan fingerprint density at radius 2 is 1.75 bits per heavy atom. The third kappa shape index (κ3) is 1.82. The maximum Gasteiger partial charge on any atom is 0.325 e. The molecule has 0 aliphatic rings. The summed E-state index contributed by atoms with van der Waals surface area (Å²) in [6.07, 6.45) is 0.614. The fourth-order valence-corrected chi connectivity index (χ4v) is 1.71. The monoisotopic (exact) mass is 216 g/mol. The van der Waals surface area contributed by atoms with Gasteiger partial charge in [0.2, 0.25) is 0 Å². The van der Waals surface area contributed by atoms with Gasteiger partial charge in [0.1, 0.15) is 0 Å². The number of aromatic nitrogens is 2. The van der Waals surface area contributed by atoms with Crippen molar-refractivity contribution in [2.75, 3.05) is 0 Å². The smallest absolute Gasteiger partial charge is 0.311 e. The van der Waals surface area contributed by atoms with Crippen LogP contribution < -0.4 is 11.2 Å². The van der Waals surface area contributed by atoms with E-state index in [1.807, 2.05) is 37.3 Å². The molecule has 0 radical (unpaired) electrons. The molecule has 16 heavy (non-hydrogen) atoms. The Bertz CT molecular complexity index is 596. The van der Waals surface area contributed by atoms with Crippen LogP contribution in [-0.4, -0.2) is 9.97 Å². The van der Waals surface area contributed by atoms with E-state index >= 15 is 0 Å². The second kappa shape index (κ2) is 4.18. The standard InChI is InChI=1S/C12H12N2O2/c1-2-9-10(8-6-4-3-5-7-8)11(15)14-12(16)13-9/h3-7H,2H2,1H3,(H2,13,14,15,16). The average Bonchev–Trinajstić information content (AvgIpc) is 2.29. The van der Waals surface area contributed by atoms with E-state index in [0.717, 1.165) is 5.56 Å². The van der Waals surface area contributed by atoms with Crippen LogP contribution in [0.1, 0.15) is 12.6 Å². The Morgan fingerprint density at radius 3 is 2.38 bits per heavy atom. The average molecular weight is 216 g/mol. The van der Waals surface area contributed by atoms with E-state index in [1.165, 1.54) is 0 Å². The van der Waals surface area contributed by atoms with Gasteiger partial charge in [-0.15, -0.1) is 0 Å². The molecule has 0 aliphatic heterocycles. The van der Waals surface area contributed by atoms with Crippen molar-refractivity contribution in [2.24, 2.45) is 0 Å². The van der Waals surface area contributed by atoms with Crippen molar-refractivity contribution in [1.82, 2.24) is 9.97 Å². The first-order valence-corrected chi connectivity index (χ1v) is 5.13. The van der Waals surface area contributed by atoms with Crippen LogP contribution in [0.15, 0.2) is 39.9 Å². The van der Waals surface area contributed by atoms with Gasteiger partial charge in [-0.3, -0.25) is 9.78 Å². The number of hydrogen-bond acceptors (Lipinski definition) is 2. The SMILES string of the molecule is CCc1[nH]c(=O)[nH]c(=O)c1-c1ccccc1. The topological polar surface area (TPSA) is 65.7 Å². The van der Waals surface area contributed by atoms with Crippen LogP contribution in [0.25, 0.3) is 11.1 Å². The zero-order valence-corrected chi connectivity index (χ0v) is 8.91. The maximum absolute atomic E-state index is 11.7. The highest BCUT2D eigenvalue weighted by Crippen LogP contribution is 2.16. The van der Waals surface area contributed by atoms with Crippen molar-refractivity contribution < 1.29 is 0 Å². The van der Waals surface area contributed by atoms with Crippen molar-refractivity contribution in [3.8, 4) is 11.1 Å². The first-order valence-electron chi connectivity index (χ1n) is 5.13. The number of H-pyrrole nitrogens is 2. The predicted octanol–water partition coefficient (Wildman–Crippen LogP) is 1.29. The van der Waals surface area contributed by atoms with Gasteiger partial charge in [-0.05, 0) is 12.0 Å². The Hall–Kier alpha value is -2.10. The van der Waals surface area contributed by atoms with Gasteiger partial charge in [0.05, 0.1) is 5.56 Å². The lowest BCUT2D eigenvalue weighted by molar-refractivity contribution is 0.941. The first kappa shape index (κ1) is 10.4. The van der Waals surface area contributed by atoms with Crippen molar-refractivity contribution in [1.29, 1.82) is 0 Å². The van der Waals surface area contributed by atoms with E-state index in [1.54, 1.807) is 0 Å². The third-order valence-corrected chi connectivity index (χ3v) is 2.44. The van der Waals surface area contributed by atoms with E-state index in [2.05, 4.69) is 9.97 Å². The number of aromatic amines is 2. The number of benzene rings is 1. The van der Waals surface area contributed by atoms with Crippen LogP contribution in [0.3, 0.4) is 0 Å². The van der Waals surface area contributed by atoms with Gasteiger partial charge < -0.3 is 4.98 Å². The van der Waals surface area contributed by atoms with E-state index in [-0.39, 0.29) is 5.56 Å². The molecular weight excluding hydrogens is 204 g/mol. The minimum atomic E-state index is -0.457. The lowest BCUT2D eigenvalue weighted by Gasteiger charge is -2.05. The van der Waals surface area contributed by atoms with Gasteiger partial charge in [-0.25, -0.2) is 4.79 Å². The second-order valence-corrected chi connectivity index (χ2v) is 3.48. The minimum Gasteiger partial charge on any atom is -0.311 e. The fourth-order valence-electron chi connectivity index (χ4n) is 1.71. The molecule has 0 aliphatic carbocycles. The fraction of sp³-hybridized carbons (Fsp3) is 0.167. The summed E-state index contributed by atoms with van der Waals surface area (Å²) in [5, 5.41) is 0. The highest BCUT2D eigenvalue weighted by molar-refractivity contribution is 5.64. The summed E-state index contributed by atoms with van der Waals surface area (Å²) >= 11 is 0. The van der Waals surface area contributed by atoms with Crippen LogP contribution in [0.4, 0.5) is 0 Å². The molecule has 0 saturated heterocycles. The quantitative estimate of drug-likeness (QED) is 0.794. The van der Waals surface area contributed by atoms with Gasteiger partial charge in [0, 0.05) is 5.69 Å². The van der Waals surface area contributed by atoms with Crippen molar-refractivity contribution in [2.45, 2.75) is 13.3 Å². The van der Waals surface area contributed by atoms with Crippen LogP contribution in [-0.2, 0) is 6.42 Å². The molecule has 0 atom stereocenters. The van der Waals surface area contributed by atoms with Crippen LogP contribution in [0.5, 0.6) is 0 Å². The summed E-state index contributed by atoms with van der Waals surface area (Å²) in [5.41, 5.74) is 1.23. The molecular formula is C12H12N2O2. The minimum absolute atomic E-state index is 0.341. The Kier molecular flexibility index (Phi) is 2.72. The molecule has 0 fully saturated rings. The number of rotatable bonds is 2. The normalized spacial score (nSPS) is 10.3. The van der Waals surface area contributed by atoms with E-state index < -0.39 is 5.69 Å². The Morgan fingerprint density at radius 1 is 1.06 bits per heavy atom. The summed E-state index contributed by atoms with van der Waals surface area (Å²) in [5.74, 6) is 0. The molecule has 1 aromatic heterocycles. The number of aryl methyl sites for hydroxylation is 1. The molecule has 4 nitrogen and oxygen atoms in total.